The van der Waals surface area contributed by atoms with E-state index in [0.29, 0.717) is 0 Å². The number of hydrogen-bond acceptors (Lipinski definition) is 5. The Bertz CT molecular complexity index is 231. The quantitative estimate of drug-likeness (QED) is 0.337. The molecular formula is C9H17NO5. The van der Waals surface area contributed by atoms with Crippen LogP contribution in [0.2, 0.25) is 0 Å². The van der Waals surface area contributed by atoms with Crippen LogP contribution in [0.5, 0.6) is 0 Å². The Morgan fingerprint density at radius 2 is 1.47 bits per heavy atom. The molecule has 6 atom stereocenters. The summed E-state index contributed by atoms with van der Waals surface area (Å²) >= 11 is 0. The van der Waals surface area contributed by atoms with Gasteiger partial charge in [0.1, 0.15) is 18.3 Å². The van der Waals surface area contributed by atoms with Crippen molar-refractivity contribution in [2.24, 2.45) is 5.92 Å². The molecule has 0 aliphatic heterocycles. The molecule has 0 spiro atoms. The van der Waals surface area contributed by atoms with Crippen LogP contribution in [0.15, 0.2) is 0 Å². The molecule has 6 nitrogen and oxygen atoms in total. The zero-order valence-electron chi connectivity index (χ0n) is 8.66. The molecule has 0 unspecified atom stereocenters. The minimum absolute atomic E-state index is 0.360. The summed E-state index contributed by atoms with van der Waals surface area (Å²) in [7, 11) is 0. The molecule has 0 aromatic carbocycles. The van der Waals surface area contributed by atoms with E-state index in [9.17, 15) is 25.2 Å². The van der Waals surface area contributed by atoms with Gasteiger partial charge in [0.05, 0.1) is 12.1 Å². The van der Waals surface area contributed by atoms with Gasteiger partial charge in [-0.15, -0.1) is 0 Å². The Balaban J connectivity index is 2.81. The molecule has 1 fully saturated rings. The standard InChI is InChI=1S/C9H17NO5/c1-3-5(10-4(2)11)7(13)9(15)8(14)6(3)12/h3,5-9,12-15H,1-2H3,(H,10,11)/t3-,5-,6-,7+,8-,9-/m1/s1. The predicted molar refractivity (Wildman–Crippen MR) is 50.8 cm³/mol. The third-order valence-corrected chi connectivity index (χ3v) is 2.89. The van der Waals surface area contributed by atoms with Crippen LogP contribution in [-0.4, -0.2) is 56.8 Å². The fourth-order valence-corrected chi connectivity index (χ4v) is 1.90. The van der Waals surface area contributed by atoms with E-state index in [-0.39, 0.29) is 5.91 Å². The van der Waals surface area contributed by atoms with Crippen LogP contribution in [0.1, 0.15) is 13.8 Å². The van der Waals surface area contributed by atoms with Crippen molar-refractivity contribution in [2.45, 2.75) is 44.3 Å². The van der Waals surface area contributed by atoms with Gasteiger partial charge in [-0.25, -0.2) is 0 Å². The molecule has 0 aromatic heterocycles. The van der Waals surface area contributed by atoms with Crippen molar-refractivity contribution < 1.29 is 25.2 Å². The van der Waals surface area contributed by atoms with Crippen molar-refractivity contribution in [2.75, 3.05) is 0 Å². The molecule has 1 aliphatic rings. The second kappa shape index (κ2) is 4.44. The van der Waals surface area contributed by atoms with Crippen molar-refractivity contribution in [3.05, 3.63) is 0 Å². The molecule has 1 aliphatic carbocycles. The summed E-state index contributed by atoms with van der Waals surface area (Å²) in [4.78, 5) is 10.8. The van der Waals surface area contributed by atoms with E-state index in [0.717, 1.165) is 0 Å². The lowest BCUT2D eigenvalue weighted by molar-refractivity contribution is -0.169. The lowest BCUT2D eigenvalue weighted by Gasteiger charge is -2.43. The first-order chi connectivity index (χ1) is 6.86. The summed E-state index contributed by atoms with van der Waals surface area (Å²) in [5.41, 5.74) is 0. The molecule has 1 amide bonds. The van der Waals surface area contributed by atoms with Gasteiger partial charge in [0.15, 0.2) is 0 Å². The topological polar surface area (TPSA) is 110 Å². The van der Waals surface area contributed by atoms with E-state index in [1.165, 1.54) is 6.92 Å². The number of rotatable bonds is 1. The van der Waals surface area contributed by atoms with E-state index in [1.54, 1.807) is 6.92 Å². The second-order valence-electron chi connectivity index (χ2n) is 4.05. The molecule has 0 radical (unpaired) electrons. The maximum absolute atomic E-state index is 10.8. The molecule has 88 valence electrons. The molecule has 0 heterocycles. The van der Waals surface area contributed by atoms with Gasteiger partial charge in [0.2, 0.25) is 5.91 Å². The Hall–Kier alpha value is -0.690. The van der Waals surface area contributed by atoms with Crippen LogP contribution in [0, 0.1) is 5.92 Å². The number of aliphatic hydroxyl groups is 4. The van der Waals surface area contributed by atoms with Gasteiger partial charge < -0.3 is 25.7 Å². The van der Waals surface area contributed by atoms with Gasteiger partial charge in [0, 0.05) is 12.8 Å². The van der Waals surface area contributed by atoms with Crippen LogP contribution < -0.4 is 5.32 Å². The highest BCUT2D eigenvalue weighted by atomic mass is 16.4. The summed E-state index contributed by atoms with van der Waals surface area (Å²) in [6, 6.07) is -0.754. The third-order valence-electron chi connectivity index (χ3n) is 2.89. The highest BCUT2D eigenvalue weighted by Crippen LogP contribution is 2.26. The normalized spacial score (nSPS) is 46.3. The number of nitrogens with one attached hydrogen (secondary N) is 1. The van der Waals surface area contributed by atoms with E-state index >= 15 is 0 Å². The summed E-state index contributed by atoms with van der Waals surface area (Å²) in [5, 5.41) is 40.4. The van der Waals surface area contributed by atoms with E-state index in [2.05, 4.69) is 5.32 Å². The van der Waals surface area contributed by atoms with Crippen LogP contribution in [-0.2, 0) is 4.79 Å². The maximum Gasteiger partial charge on any atom is 0.217 e. The van der Waals surface area contributed by atoms with Gasteiger partial charge in [-0.2, -0.15) is 0 Å². The van der Waals surface area contributed by atoms with Gasteiger partial charge in [-0.05, 0) is 0 Å². The first kappa shape index (κ1) is 12.4. The summed E-state index contributed by atoms with van der Waals surface area (Å²) in [5.74, 6) is -0.885. The summed E-state index contributed by atoms with van der Waals surface area (Å²) < 4.78 is 0. The fourth-order valence-electron chi connectivity index (χ4n) is 1.90. The molecule has 1 rings (SSSR count). The number of carbonyl (C=O) groups excluding carboxylic acids is 1. The van der Waals surface area contributed by atoms with Gasteiger partial charge in [-0.1, -0.05) is 6.92 Å². The van der Waals surface area contributed by atoms with Crippen LogP contribution >= 0.6 is 0 Å². The number of hydrogen-bond donors (Lipinski definition) is 5. The molecular weight excluding hydrogens is 202 g/mol. The van der Waals surface area contributed by atoms with E-state index in [1.807, 2.05) is 0 Å². The molecule has 0 bridgehead atoms. The highest BCUT2D eigenvalue weighted by molar-refractivity contribution is 5.73. The smallest absolute Gasteiger partial charge is 0.217 e. The zero-order valence-corrected chi connectivity index (χ0v) is 8.66. The lowest BCUT2D eigenvalue weighted by Crippen LogP contribution is -2.64. The minimum Gasteiger partial charge on any atom is -0.390 e. The largest absolute Gasteiger partial charge is 0.390 e. The van der Waals surface area contributed by atoms with Crippen LogP contribution in [0.4, 0.5) is 0 Å². The highest BCUT2D eigenvalue weighted by Gasteiger charge is 2.46. The minimum atomic E-state index is -1.45. The first-order valence-corrected chi connectivity index (χ1v) is 4.85. The van der Waals surface area contributed by atoms with Crippen molar-refractivity contribution in [1.29, 1.82) is 0 Å². The molecule has 1 saturated carbocycles. The van der Waals surface area contributed by atoms with Gasteiger partial charge in [0.25, 0.3) is 0 Å². The summed E-state index contributed by atoms with van der Waals surface area (Å²) in [6.07, 6.45) is -5.28. The van der Waals surface area contributed by atoms with Gasteiger partial charge in [-0.3, -0.25) is 4.79 Å². The average Bonchev–Trinajstić information content (AvgIpc) is 2.18. The molecule has 0 saturated heterocycles. The monoisotopic (exact) mass is 219 g/mol. The van der Waals surface area contributed by atoms with Crippen molar-refractivity contribution in [3.63, 3.8) is 0 Å². The molecule has 15 heavy (non-hydrogen) atoms. The SMILES string of the molecule is CC(=O)N[C@@H]1[C@@H](C)[C@@H](O)[C@@H](O)[C@H](O)[C@H]1O. The van der Waals surface area contributed by atoms with Crippen molar-refractivity contribution >= 4 is 5.91 Å². The number of aliphatic hydroxyl groups excluding tert-OH is 4. The van der Waals surface area contributed by atoms with Crippen LogP contribution in [0.3, 0.4) is 0 Å². The lowest BCUT2D eigenvalue weighted by atomic mass is 9.78. The number of amides is 1. The average molecular weight is 219 g/mol. The fraction of sp³-hybridized carbons (Fsp3) is 0.889. The van der Waals surface area contributed by atoms with Crippen LogP contribution in [0.25, 0.3) is 0 Å². The molecule has 0 aromatic rings. The molecule has 5 N–H and O–H groups in total. The van der Waals surface area contributed by atoms with Crippen molar-refractivity contribution in [3.8, 4) is 0 Å². The Morgan fingerprint density at radius 1 is 1.00 bits per heavy atom. The van der Waals surface area contributed by atoms with Gasteiger partial charge >= 0.3 is 0 Å². The predicted octanol–water partition coefficient (Wildman–Crippen LogP) is -2.42. The van der Waals surface area contributed by atoms with E-state index < -0.39 is 36.4 Å². The van der Waals surface area contributed by atoms with Crippen molar-refractivity contribution in [1.82, 2.24) is 5.32 Å². The Morgan fingerprint density at radius 3 is 1.93 bits per heavy atom. The Labute approximate surface area is 87.5 Å². The summed E-state index contributed by atoms with van der Waals surface area (Å²) in [6.45, 7) is 2.87. The second-order valence-corrected chi connectivity index (χ2v) is 4.05. The zero-order chi connectivity index (χ0) is 11.7. The maximum atomic E-state index is 10.8. The Kier molecular flexibility index (Phi) is 3.67. The third kappa shape index (κ3) is 2.28. The first-order valence-electron chi connectivity index (χ1n) is 4.85. The number of carbonyl (C=O) groups is 1. The van der Waals surface area contributed by atoms with E-state index in [4.69, 9.17) is 0 Å². The molecule has 6 heteroatoms.